The molecule has 0 radical (unpaired) electrons. The third kappa shape index (κ3) is 2.60. The van der Waals surface area contributed by atoms with Gasteiger partial charge in [0.1, 0.15) is 5.75 Å². The molecule has 6 heteroatoms. The van der Waals surface area contributed by atoms with Crippen molar-refractivity contribution in [3.05, 3.63) is 106 Å². The van der Waals surface area contributed by atoms with Gasteiger partial charge in [0.2, 0.25) is 0 Å². The second kappa shape index (κ2) is 7.05. The fraction of sp³-hybridized carbons (Fsp3) is 0.214. The highest BCUT2D eigenvalue weighted by atomic mass is 16.3. The Balaban J connectivity index is 1.73. The average Bonchev–Trinajstić information content (AvgIpc) is 3.20. The highest BCUT2D eigenvalue weighted by molar-refractivity contribution is 6.21. The van der Waals surface area contributed by atoms with Crippen molar-refractivity contribution in [2.45, 2.75) is 31.5 Å². The summed E-state index contributed by atoms with van der Waals surface area (Å²) in [6.45, 7) is 4.04. The van der Waals surface area contributed by atoms with Crippen LogP contribution in [0.3, 0.4) is 0 Å². The third-order valence-corrected chi connectivity index (χ3v) is 7.20. The molecule has 3 aromatic rings. The number of phenolic OH excluding ortho intramolecular Hbond substituents is 1. The van der Waals surface area contributed by atoms with Crippen molar-refractivity contribution < 1.29 is 19.8 Å². The van der Waals surface area contributed by atoms with Crippen LogP contribution in [0, 0.1) is 6.92 Å². The molecule has 0 unspecified atom stereocenters. The number of benzene rings is 3. The Morgan fingerprint density at radius 3 is 2.41 bits per heavy atom. The molecule has 3 aromatic carbocycles. The van der Waals surface area contributed by atoms with Gasteiger partial charge in [-0.2, -0.15) is 0 Å². The molecule has 2 aliphatic heterocycles. The minimum Gasteiger partial charge on any atom is -0.508 e. The molecule has 6 rings (SSSR count). The highest BCUT2D eigenvalue weighted by Crippen LogP contribution is 2.55. The molecule has 3 aliphatic rings. The second-order valence-electron chi connectivity index (χ2n) is 9.39. The number of hydrogen-bond acceptors (Lipinski definition) is 5. The molecule has 34 heavy (non-hydrogen) atoms. The number of nitrogens with one attached hydrogen (secondary N) is 1. The van der Waals surface area contributed by atoms with E-state index in [1.807, 2.05) is 32.0 Å². The number of Topliss-reactive ketones (excluding diaryl/α,β-unsaturated/α-hetero) is 1. The molecule has 1 amide bonds. The van der Waals surface area contributed by atoms with E-state index in [1.165, 1.54) is 4.90 Å². The minimum atomic E-state index is -1.85. The van der Waals surface area contributed by atoms with E-state index in [1.54, 1.807) is 48.5 Å². The molecule has 1 aliphatic carbocycles. The van der Waals surface area contributed by atoms with Gasteiger partial charge in [-0.3, -0.25) is 9.59 Å². The number of carbonyl (C=O) groups excluding carboxylic acids is 2. The number of rotatable bonds is 1. The first-order valence-electron chi connectivity index (χ1n) is 11.4. The summed E-state index contributed by atoms with van der Waals surface area (Å²) in [5.41, 5.74) is 2.57. The normalized spacial score (nSPS) is 25.2. The lowest BCUT2D eigenvalue weighted by Crippen LogP contribution is -2.54. The topological polar surface area (TPSA) is 89.9 Å². The van der Waals surface area contributed by atoms with Gasteiger partial charge < -0.3 is 20.4 Å². The van der Waals surface area contributed by atoms with Gasteiger partial charge in [0.25, 0.3) is 5.91 Å². The summed E-state index contributed by atoms with van der Waals surface area (Å²) in [5.74, 6) is -1.56. The molecular formula is C28H24N2O4. The summed E-state index contributed by atoms with van der Waals surface area (Å²) in [5, 5.41) is 27.1. The number of amides is 1. The van der Waals surface area contributed by atoms with Gasteiger partial charge in [-0.1, -0.05) is 60.2 Å². The molecule has 0 saturated carbocycles. The smallest absolute Gasteiger partial charge is 0.256 e. The summed E-state index contributed by atoms with van der Waals surface area (Å²) < 4.78 is 0. The van der Waals surface area contributed by atoms with E-state index >= 15 is 0 Å². The molecule has 6 nitrogen and oxygen atoms in total. The predicted molar refractivity (Wildman–Crippen MR) is 127 cm³/mol. The number of aromatic hydroxyl groups is 1. The van der Waals surface area contributed by atoms with E-state index in [4.69, 9.17) is 0 Å². The SMILES string of the molecule is Cc1ccc(O)c([C@@H]2C3=C(N[C@@H](C)CN4C(=O)c5ccccc5[C@@]24O)c2ccccc2C3=O)c1. The zero-order valence-electron chi connectivity index (χ0n) is 18.9. The van der Waals surface area contributed by atoms with Gasteiger partial charge in [0.15, 0.2) is 11.5 Å². The van der Waals surface area contributed by atoms with Crippen molar-refractivity contribution in [1.29, 1.82) is 0 Å². The number of phenols is 1. The van der Waals surface area contributed by atoms with E-state index < -0.39 is 11.6 Å². The number of fused-ring (bicyclic) bond motifs is 5. The van der Waals surface area contributed by atoms with Crippen molar-refractivity contribution in [3.63, 3.8) is 0 Å². The van der Waals surface area contributed by atoms with Gasteiger partial charge in [0, 0.05) is 46.0 Å². The first-order valence-corrected chi connectivity index (χ1v) is 11.4. The maximum atomic E-state index is 13.9. The zero-order chi connectivity index (χ0) is 23.8. The summed E-state index contributed by atoms with van der Waals surface area (Å²) in [4.78, 5) is 28.9. The van der Waals surface area contributed by atoms with Crippen LogP contribution in [0.5, 0.6) is 5.75 Å². The summed E-state index contributed by atoms with van der Waals surface area (Å²) in [6, 6.07) is 19.2. The van der Waals surface area contributed by atoms with Gasteiger partial charge in [0.05, 0.1) is 11.6 Å². The van der Waals surface area contributed by atoms with E-state index in [-0.39, 0.29) is 30.0 Å². The fourth-order valence-corrected chi connectivity index (χ4v) is 5.75. The van der Waals surface area contributed by atoms with Crippen molar-refractivity contribution in [2.75, 3.05) is 6.54 Å². The Hall–Kier alpha value is -3.90. The van der Waals surface area contributed by atoms with Crippen molar-refractivity contribution in [2.24, 2.45) is 0 Å². The van der Waals surface area contributed by atoms with Crippen LogP contribution >= 0.6 is 0 Å². The number of carbonyl (C=O) groups is 2. The van der Waals surface area contributed by atoms with Crippen molar-refractivity contribution in [1.82, 2.24) is 10.2 Å². The molecule has 2 heterocycles. The number of ketones is 1. The number of nitrogens with zero attached hydrogens (tertiary/aromatic N) is 1. The lowest BCUT2D eigenvalue weighted by atomic mass is 9.75. The van der Waals surface area contributed by atoms with Crippen LogP contribution in [0.2, 0.25) is 0 Å². The van der Waals surface area contributed by atoms with Crippen molar-refractivity contribution in [3.8, 4) is 5.75 Å². The first-order chi connectivity index (χ1) is 16.3. The Bertz CT molecular complexity index is 1430. The maximum Gasteiger partial charge on any atom is 0.256 e. The number of hydrogen-bond donors (Lipinski definition) is 3. The molecule has 0 bridgehead atoms. The van der Waals surface area contributed by atoms with E-state index in [0.717, 1.165) is 11.1 Å². The minimum absolute atomic E-state index is 0.0370. The van der Waals surface area contributed by atoms with Crippen LogP contribution in [-0.2, 0) is 5.72 Å². The van der Waals surface area contributed by atoms with E-state index in [0.29, 0.717) is 33.5 Å². The fourth-order valence-electron chi connectivity index (χ4n) is 5.75. The Kier molecular flexibility index (Phi) is 4.29. The quantitative estimate of drug-likeness (QED) is 0.524. The third-order valence-electron chi connectivity index (χ3n) is 7.20. The lowest BCUT2D eigenvalue weighted by molar-refractivity contribution is -0.100. The Labute approximate surface area is 197 Å². The van der Waals surface area contributed by atoms with Crippen LogP contribution in [0.1, 0.15) is 55.8 Å². The summed E-state index contributed by atoms with van der Waals surface area (Å²) >= 11 is 0. The molecule has 3 atom stereocenters. The van der Waals surface area contributed by atoms with Gasteiger partial charge >= 0.3 is 0 Å². The molecule has 0 fully saturated rings. The second-order valence-corrected chi connectivity index (χ2v) is 9.39. The highest BCUT2D eigenvalue weighted by Gasteiger charge is 2.58. The Morgan fingerprint density at radius 1 is 0.971 bits per heavy atom. The molecule has 0 aromatic heterocycles. The average molecular weight is 453 g/mol. The number of aryl methyl sites for hydroxylation is 1. The summed E-state index contributed by atoms with van der Waals surface area (Å²) in [7, 11) is 0. The lowest BCUT2D eigenvalue weighted by Gasteiger charge is -2.44. The van der Waals surface area contributed by atoms with Crippen LogP contribution in [0.25, 0.3) is 5.70 Å². The molecule has 0 spiro atoms. The van der Waals surface area contributed by atoms with Crippen molar-refractivity contribution >= 4 is 17.4 Å². The zero-order valence-corrected chi connectivity index (χ0v) is 18.9. The van der Waals surface area contributed by atoms with Gasteiger partial charge in [-0.15, -0.1) is 0 Å². The first kappa shape index (κ1) is 20.7. The Morgan fingerprint density at radius 2 is 1.65 bits per heavy atom. The van der Waals surface area contributed by atoms with Crippen LogP contribution in [0.4, 0.5) is 0 Å². The molecule has 170 valence electrons. The van der Waals surface area contributed by atoms with Crippen LogP contribution in [0.15, 0.2) is 72.3 Å². The molecule has 3 N–H and O–H groups in total. The van der Waals surface area contributed by atoms with Crippen LogP contribution < -0.4 is 5.32 Å². The van der Waals surface area contributed by atoms with Crippen LogP contribution in [-0.4, -0.2) is 39.4 Å². The summed E-state index contributed by atoms with van der Waals surface area (Å²) in [6.07, 6.45) is 0. The van der Waals surface area contributed by atoms with E-state index in [9.17, 15) is 19.8 Å². The largest absolute Gasteiger partial charge is 0.508 e. The van der Waals surface area contributed by atoms with Gasteiger partial charge in [-0.05, 0) is 26.0 Å². The molecular weight excluding hydrogens is 428 g/mol. The standard InChI is InChI=1S/C28H24N2O4/c1-15-11-12-22(31)20(13-15)24-23-25(17-7-3-4-8-18(17)26(23)32)29-16(2)14-30-27(33)19-9-5-6-10-21(19)28(24,30)34/h3-13,16,24,29,31,34H,14H2,1-2H3/t16-,24+,28+/m0/s1. The van der Waals surface area contributed by atoms with E-state index in [2.05, 4.69) is 5.32 Å². The maximum absolute atomic E-state index is 13.9. The monoisotopic (exact) mass is 452 g/mol. The van der Waals surface area contributed by atoms with Gasteiger partial charge in [-0.25, -0.2) is 0 Å². The molecule has 0 saturated heterocycles. The number of aliphatic hydroxyl groups is 1. The predicted octanol–water partition coefficient (Wildman–Crippen LogP) is 3.68.